The Labute approximate surface area is 314 Å². The number of aromatic amines is 1. The van der Waals surface area contributed by atoms with Crippen LogP contribution in [-0.4, -0.2) is 64.7 Å². The summed E-state index contributed by atoms with van der Waals surface area (Å²) >= 11 is 12.5. The van der Waals surface area contributed by atoms with Crippen LogP contribution in [0.1, 0.15) is 29.9 Å². The number of fused-ring (bicyclic) bond motifs is 1. The van der Waals surface area contributed by atoms with Gasteiger partial charge >= 0.3 is 317 Å². The third-order valence-electron chi connectivity index (χ3n) is 8.54. The Balaban J connectivity index is 1.19. The summed E-state index contributed by atoms with van der Waals surface area (Å²) in [5, 5.41) is 0.753. The summed E-state index contributed by atoms with van der Waals surface area (Å²) < 4.78 is 78.2. The molecule has 17 heteroatoms. The molecule has 1 aliphatic carbocycles. The molecule has 0 amide bonds. The third kappa shape index (κ3) is 7.45. The zero-order valence-electron chi connectivity index (χ0n) is 25.9. The molecule has 4 fully saturated rings. The van der Waals surface area contributed by atoms with Crippen molar-refractivity contribution in [3.8, 4) is 17.2 Å². The fraction of sp³-hybridized carbons (Fsp3) is 0.438. The van der Waals surface area contributed by atoms with Crippen molar-refractivity contribution in [3.05, 3.63) is 76.0 Å². The van der Waals surface area contributed by atoms with Gasteiger partial charge in [0.05, 0.1) is 0 Å². The molecule has 3 aromatic rings. The number of esters is 1. The van der Waals surface area contributed by atoms with Crippen LogP contribution >= 0.6 is 54.8 Å². The number of ether oxygens (including phenoxy) is 4. The van der Waals surface area contributed by atoms with Gasteiger partial charge in [0, 0.05) is 0 Å². The van der Waals surface area contributed by atoms with Crippen molar-refractivity contribution < 1.29 is 67.1 Å². The van der Waals surface area contributed by atoms with Crippen LogP contribution in [0.4, 0.5) is 8.78 Å². The molecule has 49 heavy (non-hydrogen) atoms. The molecule has 0 radical (unpaired) electrons. The number of methoxy groups -OCH3 is 1. The van der Waals surface area contributed by atoms with Crippen LogP contribution < -0.4 is 40.4 Å². The Morgan fingerprint density at radius 1 is 1.12 bits per heavy atom. The molecule has 1 aromatic heterocycles. The van der Waals surface area contributed by atoms with Gasteiger partial charge in [-0.1, -0.05) is 0 Å². The fourth-order valence-electron chi connectivity index (χ4n) is 5.64. The Kier molecular flexibility index (Phi) is 10.7. The van der Waals surface area contributed by atoms with Crippen LogP contribution in [0.5, 0.6) is 17.2 Å². The van der Waals surface area contributed by atoms with Crippen LogP contribution in [-0.2, 0) is 26.0 Å². The molecule has 3 aliphatic heterocycles. The summed E-state index contributed by atoms with van der Waals surface area (Å²) in [5.74, 6) is 0.361. The van der Waals surface area contributed by atoms with Gasteiger partial charge in [-0.3, -0.25) is 0 Å². The third-order valence-corrected chi connectivity index (χ3v) is 35.9. The molecule has 2 unspecified atom stereocenters. The van der Waals surface area contributed by atoms with Gasteiger partial charge in [0.2, 0.25) is 0 Å². The number of pyridine rings is 1. The molecule has 0 spiro atoms. The first-order chi connectivity index (χ1) is 23.5. The Morgan fingerprint density at radius 2 is 1.84 bits per heavy atom. The van der Waals surface area contributed by atoms with Gasteiger partial charge in [-0.2, -0.15) is 0 Å². The first-order valence-electron chi connectivity index (χ1n) is 15.4. The Morgan fingerprint density at radius 3 is 2.45 bits per heavy atom. The molecule has 266 valence electrons. The fourth-order valence-corrected chi connectivity index (χ4v) is 35.6. The second-order valence-corrected chi connectivity index (χ2v) is 30.8. The average molecular weight is 983 g/mol. The van der Waals surface area contributed by atoms with E-state index in [9.17, 15) is 22.0 Å². The van der Waals surface area contributed by atoms with Gasteiger partial charge < -0.3 is 0 Å². The second-order valence-electron chi connectivity index (χ2n) is 11.8. The summed E-state index contributed by atoms with van der Waals surface area (Å²) in [7, 11) is -2.52. The van der Waals surface area contributed by atoms with Gasteiger partial charge in [0.15, 0.2) is 0 Å². The number of H-pyrrole nitrogens is 1. The number of hydrogen-bond donors (Lipinski definition) is 0. The van der Waals surface area contributed by atoms with Crippen LogP contribution in [0.3, 0.4) is 0 Å². The number of sulfonamides is 1. The minimum atomic E-state index is -4.03. The number of nitrogens with one attached hydrogen (secondary N) is 1. The number of nitrogens with zero attached hydrogens (tertiary/aromatic N) is 1. The van der Waals surface area contributed by atoms with Crippen LogP contribution in [0, 0.1) is 5.92 Å². The number of carbonyl (C=O) groups excluding carboxylic acids is 1. The van der Waals surface area contributed by atoms with E-state index in [4.69, 9.17) is 42.1 Å². The number of halogens is 6. The number of hydrogen-bond acceptors (Lipinski definition) is 8. The second kappa shape index (κ2) is 14.6. The van der Waals surface area contributed by atoms with Crippen molar-refractivity contribution in [2.75, 3.05) is 32.6 Å². The van der Waals surface area contributed by atoms with E-state index < -0.39 is 51.2 Å². The molecule has 4 atom stereocenters. The first kappa shape index (κ1) is 36.0. The molecule has 1 N–H and O–H groups in total. The van der Waals surface area contributed by atoms with Gasteiger partial charge in [0.1, 0.15) is 0 Å². The average Bonchev–Trinajstić information content (AvgIpc) is 4.01. The number of benzene rings is 2. The van der Waals surface area contributed by atoms with E-state index in [1.54, 1.807) is 36.7 Å². The topological polar surface area (TPSA) is 106 Å². The Bertz CT molecular complexity index is 1820. The summed E-state index contributed by atoms with van der Waals surface area (Å²) in [6, 6.07) is 10.9. The first-order valence-corrected chi connectivity index (χ1v) is 24.6. The number of alkyl halides is 7. The molecule has 4 aliphatic rings. The summed E-state index contributed by atoms with van der Waals surface area (Å²) in [6.45, 7) is -2.59. The SMILES string of the molecule is COc1ccc(S(=O)(=O)N2CCS[C@]2(C(=O)OC[C@@H](Cc2c(Cl)c[nH+]cc2Cl)c2ccc(OC(F)F)c(OCC3CC3)c2)I2C3[I-]C32)cc1. The van der Waals surface area contributed by atoms with Gasteiger partial charge in [-0.25, -0.2) is 0 Å². The van der Waals surface area contributed by atoms with Crippen molar-refractivity contribution in [3.63, 3.8) is 0 Å². The molecular formula is C32H32Cl2F2I2N2O7S2. The normalized spacial score (nSPS) is 24.5. The number of thioether (sulfide) groups is 1. The predicted molar refractivity (Wildman–Crippen MR) is 185 cm³/mol. The van der Waals surface area contributed by atoms with E-state index >= 15 is 0 Å². The summed E-state index contributed by atoms with van der Waals surface area (Å²) in [6.07, 6.45) is 5.44. The minimum absolute atomic E-state index is 0.0201. The van der Waals surface area contributed by atoms with E-state index in [1.807, 2.05) is 0 Å². The van der Waals surface area contributed by atoms with Gasteiger partial charge in [-0.05, 0) is 0 Å². The van der Waals surface area contributed by atoms with E-state index in [0.717, 1.165) is 12.8 Å². The molecule has 3 saturated heterocycles. The molecule has 1 saturated carbocycles. The van der Waals surface area contributed by atoms with Gasteiger partial charge in [0.25, 0.3) is 0 Å². The standard InChI is InChI=1S/C32H31Cl2F2I2N2O7S2/c1-44-21-5-7-22(8-6-21)49(42,43)40-10-11-48-32(40,38-28-29(38)37-28)30(41)46-17-20(12-23-24(33)14-39-15-25(23)34)19-4-9-26(47-31(35)36)27(13-19)45-16-18-2-3-18/h4-9,13-15,18,20,28-29,31H,2-3,10-12,16-17H2,1H3/q-1/p+1/t20-,28?,29?,32-/m1/s1. The van der Waals surface area contributed by atoms with E-state index in [2.05, 4.69) is 4.98 Å². The van der Waals surface area contributed by atoms with E-state index in [-0.39, 0.29) is 57.2 Å². The van der Waals surface area contributed by atoms with Crippen molar-refractivity contribution in [1.29, 1.82) is 0 Å². The van der Waals surface area contributed by atoms with Crippen LogP contribution in [0.15, 0.2) is 59.8 Å². The summed E-state index contributed by atoms with van der Waals surface area (Å²) in [4.78, 5) is 17.4. The van der Waals surface area contributed by atoms with Crippen LogP contribution in [0.25, 0.3) is 0 Å². The quantitative estimate of drug-likeness (QED) is 0.0989. The zero-order chi connectivity index (χ0) is 34.5. The molecule has 9 nitrogen and oxygen atoms in total. The van der Waals surface area contributed by atoms with Crippen molar-refractivity contribution in [2.24, 2.45) is 5.92 Å². The molecule has 0 bridgehead atoms. The monoisotopic (exact) mass is 982 g/mol. The van der Waals surface area contributed by atoms with E-state index in [0.29, 0.717) is 49.1 Å². The predicted octanol–water partition coefficient (Wildman–Crippen LogP) is 3.44. The summed E-state index contributed by atoms with van der Waals surface area (Å²) in [5.41, 5.74) is 1.24. The maximum atomic E-state index is 14.4. The number of carbonyl (C=O) groups is 1. The Hall–Kier alpha value is -1.38. The molecular weight excluding hydrogens is 951 g/mol. The molecule has 2 aromatic carbocycles. The number of aromatic nitrogens is 1. The van der Waals surface area contributed by atoms with Crippen LogP contribution in [0.2, 0.25) is 10.0 Å². The van der Waals surface area contributed by atoms with E-state index in [1.165, 1.54) is 41.4 Å². The number of rotatable bonds is 15. The maximum absolute atomic E-state index is 14.4. The zero-order valence-corrected chi connectivity index (χ0v) is 33.4. The van der Waals surface area contributed by atoms with Gasteiger partial charge in [-0.15, -0.1) is 0 Å². The molecule has 4 heterocycles. The van der Waals surface area contributed by atoms with Crippen molar-refractivity contribution >= 4 is 70.8 Å². The molecule has 7 rings (SSSR count). The van der Waals surface area contributed by atoms with Crippen molar-refractivity contribution in [1.82, 2.24) is 4.31 Å². The van der Waals surface area contributed by atoms with Crippen molar-refractivity contribution in [2.45, 2.75) is 43.4 Å².